The Kier molecular flexibility index (Phi) is 11.5. The second kappa shape index (κ2) is 14.3. The Bertz CT molecular complexity index is 1380. The lowest BCUT2D eigenvalue weighted by Crippen LogP contribution is -2.49. The number of carbonyl (C=O) groups is 1. The van der Waals surface area contributed by atoms with Gasteiger partial charge in [0.1, 0.15) is 0 Å². The fourth-order valence-corrected chi connectivity index (χ4v) is 11.9. The van der Waals surface area contributed by atoms with Crippen LogP contribution >= 0.6 is 0 Å². The molecule has 5 aliphatic rings. The van der Waals surface area contributed by atoms with Gasteiger partial charge in [0.05, 0.1) is 25.4 Å². The molecular formula is C43H72O5Si2. The molecule has 1 spiro atoms. The normalized spacial score (nSPS) is 37.7. The van der Waals surface area contributed by atoms with Gasteiger partial charge in [0.2, 0.25) is 11.6 Å². The molecule has 6 atom stereocenters. The van der Waals surface area contributed by atoms with Gasteiger partial charge < -0.3 is 18.3 Å². The molecule has 0 N–H and O–H groups in total. The second-order valence-corrected chi connectivity index (χ2v) is 29.7. The summed E-state index contributed by atoms with van der Waals surface area (Å²) >= 11 is 0. The van der Waals surface area contributed by atoms with Crippen LogP contribution in [-0.2, 0) is 23.1 Å². The molecule has 282 valence electrons. The van der Waals surface area contributed by atoms with E-state index in [0.29, 0.717) is 43.3 Å². The van der Waals surface area contributed by atoms with Crippen molar-refractivity contribution in [3.63, 3.8) is 0 Å². The van der Waals surface area contributed by atoms with Crippen LogP contribution < -0.4 is 0 Å². The average molecular weight is 725 g/mol. The number of ether oxygens (including phenoxy) is 2. The quantitative estimate of drug-likeness (QED) is 0.193. The molecule has 0 bridgehead atoms. The van der Waals surface area contributed by atoms with Crippen LogP contribution in [0.15, 0.2) is 47.1 Å². The first kappa shape index (κ1) is 40.1. The lowest BCUT2D eigenvalue weighted by atomic mass is 9.61. The van der Waals surface area contributed by atoms with Crippen molar-refractivity contribution < 1.29 is 23.1 Å². The lowest BCUT2D eigenvalue weighted by Gasteiger charge is -2.45. The molecule has 50 heavy (non-hydrogen) atoms. The van der Waals surface area contributed by atoms with E-state index in [4.69, 9.17) is 24.9 Å². The molecule has 7 heteroatoms. The van der Waals surface area contributed by atoms with Crippen LogP contribution in [0.1, 0.15) is 120 Å². The van der Waals surface area contributed by atoms with Crippen LogP contribution in [-0.4, -0.2) is 53.6 Å². The van der Waals surface area contributed by atoms with Crippen molar-refractivity contribution in [1.29, 1.82) is 0 Å². The van der Waals surface area contributed by atoms with Crippen molar-refractivity contribution in [3.8, 4) is 0 Å². The minimum atomic E-state index is -2.01. The van der Waals surface area contributed by atoms with Gasteiger partial charge in [0, 0.05) is 18.8 Å². The summed E-state index contributed by atoms with van der Waals surface area (Å²) in [6, 6.07) is 0. The van der Waals surface area contributed by atoms with Gasteiger partial charge in [-0.3, -0.25) is 4.79 Å². The summed E-state index contributed by atoms with van der Waals surface area (Å²) in [4.78, 5) is 13.6. The minimum absolute atomic E-state index is 0.00400. The van der Waals surface area contributed by atoms with E-state index in [-0.39, 0.29) is 33.5 Å². The summed E-state index contributed by atoms with van der Waals surface area (Å²) in [6.07, 6.45) is 16.6. The van der Waals surface area contributed by atoms with Gasteiger partial charge in [0.15, 0.2) is 16.6 Å². The van der Waals surface area contributed by atoms with E-state index in [1.165, 1.54) is 37.7 Å². The fraction of sp³-hybridized carbons (Fsp3) is 0.791. The Morgan fingerprint density at radius 2 is 1.52 bits per heavy atom. The summed E-state index contributed by atoms with van der Waals surface area (Å²) in [5.41, 5.74) is 5.23. The molecular weight excluding hydrogens is 653 g/mol. The largest absolute Gasteiger partial charge is 0.413 e. The predicted octanol–water partition coefficient (Wildman–Crippen LogP) is 11.5. The molecule has 0 aromatic carbocycles. The van der Waals surface area contributed by atoms with E-state index in [1.807, 2.05) is 0 Å². The zero-order valence-electron chi connectivity index (χ0n) is 34.2. The summed E-state index contributed by atoms with van der Waals surface area (Å²) < 4.78 is 26.3. The third kappa shape index (κ3) is 7.89. The van der Waals surface area contributed by atoms with Crippen LogP contribution in [0.5, 0.6) is 0 Å². The van der Waals surface area contributed by atoms with E-state index in [9.17, 15) is 4.79 Å². The Balaban J connectivity index is 1.36. The van der Waals surface area contributed by atoms with E-state index in [2.05, 4.69) is 107 Å². The van der Waals surface area contributed by atoms with Crippen LogP contribution in [0.3, 0.4) is 0 Å². The highest BCUT2D eigenvalue weighted by Crippen LogP contribution is 2.60. The molecule has 5 fully saturated rings. The summed E-state index contributed by atoms with van der Waals surface area (Å²) in [5.74, 6) is 0.867. The predicted molar refractivity (Wildman–Crippen MR) is 212 cm³/mol. The van der Waals surface area contributed by atoms with Gasteiger partial charge in [0.25, 0.3) is 0 Å². The Hall–Kier alpha value is -1.10. The molecule has 1 unspecified atom stereocenters. The highest BCUT2D eigenvalue weighted by molar-refractivity contribution is 6.74. The van der Waals surface area contributed by atoms with E-state index >= 15 is 0 Å². The van der Waals surface area contributed by atoms with Crippen LogP contribution in [0, 0.1) is 29.1 Å². The Labute approximate surface area is 308 Å². The van der Waals surface area contributed by atoms with Crippen molar-refractivity contribution in [2.75, 3.05) is 13.2 Å². The smallest absolute Gasteiger partial charge is 0.233 e. The van der Waals surface area contributed by atoms with E-state index in [1.54, 1.807) is 5.57 Å². The molecule has 1 saturated heterocycles. The standard InChI is InChI=1S/C43H72O5Si2/c1-29-27-45-43(46-28-29)23-21-34(39(43)44)24-30(2)36-19-20-37-32(16-15-22-42(36,37)10)17-18-33-25-35(47-49(11,12)40(4,5)6)26-38(31(33)3)48-50(13,14)41(7,8)9/h17-18,24,29-30,35-38H,3,15-16,19-23,25-28H2,1-2,4-14H3/b32-17+,33-18-,34-24+/t29?,30-,35-,36-,37?,38+,42-,43?/m1/s1. The second-order valence-electron chi connectivity index (χ2n) is 20.2. The first-order valence-corrected chi connectivity index (χ1v) is 25.8. The van der Waals surface area contributed by atoms with Crippen LogP contribution in [0.4, 0.5) is 0 Å². The van der Waals surface area contributed by atoms with Gasteiger partial charge in [-0.25, -0.2) is 0 Å². The first-order valence-electron chi connectivity index (χ1n) is 20.0. The summed E-state index contributed by atoms with van der Waals surface area (Å²) in [6.45, 7) is 36.3. The van der Waals surface area contributed by atoms with Crippen LogP contribution in [0.2, 0.25) is 36.3 Å². The third-order valence-corrected chi connectivity index (χ3v) is 23.5. The monoisotopic (exact) mass is 724 g/mol. The molecule has 0 amide bonds. The highest BCUT2D eigenvalue weighted by Gasteiger charge is 2.53. The number of fused-ring (bicyclic) bond motifs is 1. The van der Waals surface area contributed by atoms with Gasteiger partial charge in [-0.2, -0.15) is 0 Å². The highest BCUT2D eigenvalue weighted by atomic mass is 28.4. The maximum atomic E-state index is 13.6. The maximum absolute atomic E-state index is 13.6. The van der Waals surface area contributed by atoms with Crippen molar-refractivity contribution in [3.05, 3.63) is 47.1 Å². The third-order valence-electron chi connectivity index (χ3n) is 14.4. The summed E-state index contributed by atoms with van der Waals surface area (Å²) in [5, 5.41) is 0.290. The Morgan fingerprint density at radius 1 is 0.900 bits per heavy atom. The first-order chi connectivity index (χ1) is 23.0. The van der Waals surface area contributed by atoms with E-state index in [0.717, 1.165) is 30.4 Å². The molecule has 5 rings (SSSR count). The summed E-state index contributed by atoms with van der Waals surface area (Å²) in [7, 11) is -3.97. The van der Waals surface area contributed by atoms with Gasteiger partial charge in [-0.15, -0.1) is 0 Å². The molecule has 1 aliphatic heterocycles. The SMILES string of the molecule is C=C1/C(=C\C=C2/CCC[C@@]3(C)C2CC[C@@H]3[C@H](C)/C=C2\CCC3(OCC(C)CO3)C2=O)C[C@@H](O[Si](C)(C)C(C)(C)C)C[C@@H]1O[Si](C)(C)C(C)(C)C. The molecule has 0 aromatic heterocycles. The van der Waals surface area contributed by atoms with Gasteiger partial charge >= 0.3 is 0 Å². The minimum Gasteiger partial charge on any atom is -0.413 e. The number of allylic oxidation sites excluding steroid dienone is 4. The van der Waals surface area contributed by atoms with Crippen molar-refractivity contribution in [1.82, 2.24) is 0 Å². The molecule has 0 radical (unpaired) electrons. The topological polar surface area (TPSA) is 54.0 Å². The van der Waals surface area contributed by atoms with Crippen LogP contribution in [0.25, 0.3) is 0 Å². The number of carbonyl (C=O) groups excluding carboxylic acids is 1. The number of rotatable bonds is 7. The molecule has 0 aromatic rings. The maximum Gasteiger partial charge on any atom is 0.233 e. The molecule has 4 saturated carbocycles. The van der Waals surface area contributed by atoms with Crippen molar-refractivity contribution >= 4 is 22.4 Å². The van der Waals surface area contributed by atoms with Gasteiger partial charge in [-0.05, 0) is 121 Å². The average Bonchev–Trinajstić information content (AvgIpc) is 3.50. The zero-order valence-corrected chi connectivity index (χ0v) is 36.2. The fourth-order valence-electron chi connectivity index (χ4n) is 9.19. The molecule has 5 nitrogen and oxygen atoms in total. The number of Topliss-reactive ketones (excluding diaryl/α,β-unsaturated/α-hetero) is 1. The number of hydrogen-bond acceptors (Lipinski definition) is 5. The molecule has 4 aliphatic carbocycles. The Morgan fingerprint density at radius 3 is 2.14 bits per heavy atom. The zero-order chi connectivity index (χ0) is 37.1. The van der Waals surface area contributed by atoms with Gasteiger partial charge in [-0.1, -0.05) is 92.7 Å². The number of hydrogen-bond donors (Lipinski definition) is 0. The van der Waals surface area contributed by atoms with Crippen molar-refractivity contribution in [2.45, 2.75) is 174 Å². The lowest BCUT2D eigenvalue weighted by molar-refractivity contribution is -0.260. The van der Waals surface area contributed by atoms with Crippen molar-refractivity contribution in [2.24, 2.45) is 29.1 Å². The number of ketones is 1. The molecule has 1 heterocycles. The van der Waals surface area contributed by atoms with E-state index < -0.39 is 22.4 Å².